The van der Waals surface area contributed by atoms with Crippen molar-refractivity contribution < 1.29 is 0 Å². The van der Waals surface area contributed by atoms with Gasteiger partial charge in [0.1, 0.15) is 5.01 Å². The molecule has 0 unspecified atom stereocenters. The molecule has 0 radical (unpaired) electrons. The molecule has 0 amide bonds. The Labute approximate surface area is 122 Å². The molecule has 0 saturated heterocycles. The van der Waals surface area contributed by atoms with E-state index in [0.29, 0.717) is 0 Å². The molecule has 2 heterocycles. The van der Waals surface area contributed by atoms with E-state index in [1.165, 1.54) is 29.1 Å². The number of aromatic nitrogens is 1. The van der Waals surface area contributed by atoms with Gasteiger partial charge in [-0.15, -0.1) is 11.3 Å². The van der Waals surface area contributed by atoms with E-state index in [2.05, 4.69) is 32.4 Å². The first-order chi connectivity index (χ1) is 9.35. The summed E-state index contributed by atoms with van der Waals surface area (Å²) in [6.07, 6.45) is 2.69. The van der Waals surface area contributed by atoms with Gasteiger partial charge < -0.3 is 5.32 Å². The van der Waals surface area contributed by atoms with E-state index >= 15 is 0 Å². The molecule has 3 rings (SSSR count). The summed E-state index contributed by atoms with van der Waals surface area (Å²) in [4.78, 5) is 7.27. The van der Waals surface area contributed by atoms with Crippen molar-refractivity contribution in [3.63, 3.8) is 0 Å². The number of rotatable bonds is 7. The van der Waals surface area contributed by atoms with Crippen molar-refractivity contribution >= 4 is 22.7 Å². The molecule has 2 aromatic rings. The van der Waals surface area contributed by atoms with E-state index in [1.54, 1.807) is 22.7 Å². The molecule has 0 aliphatic heterocycles. The van der Waals surface area contributed by atoms with Crippen LogP contribution in [-0.4, -0.2) is 23.0 Å². The van der Waals surface area contributed by atoms with Gasteiger partial charge in [0.05, 0.1) is 5.69 Å². The number of hydrogen-bond acceptors (Lipinski definition) is 5. The van der Waals surface area contributed by atoms with Crippen molar-refractivity contribution in [3.8, 4) is 0 Å². The predicted octanol–water partition coefficient (Wildman–Crippen LogP) is 3.09. The Morgan fingerprint density at radius 2 is 2.26 bits per heavy atom. The summed E-state index contributed by atoms with van der Waals surface area (Å²) in [5, 5.41) is 11.0. The highest BCUT2D eigenvalue weighted by atomic mass is 32.1. The maximum atomic E-state index is 4.70. The molecule has 1 N–H and O–H groups in total. The van der Waals surface area contributed by atoms with E-state index in [-0.39, 0.29) is 0 Å². The molecule has 2 aromatic heterocycles. The number of nitrogens with zero attached hydrogens (tertiary/aromatic N) is 2. The van der Waals surface area contributed by atoms with E-state index in [9.17, 15) is 0 Å². The van der Waals surface area contributed by atoms with Crippen LogP contribution in [0.2, 0.25) is 0 Å². The first-order valence-corrected chi connectivity index (χ1v) is 8.50. The number of thiazole rings is 1. The van der Waals surface area contributed by atoms with Crippen LogP contribution in [0, 0.1) is 0 Å². The van der Waals surface area contributed by atoms with Crippen molar-refractivity contribution in [2.45, 2.75) is 38.5 Å². The molecule has 1 aliphatic rings. The van der Waals surface area contributed by atoms with Gasteiger partial charge >= 0.3 is 0 Å². The van der Waals surface area contributed by atoms with Crippen LogP contribution in [0.5, 0.6) is 0 Å². The highest BCUT2D eigenvalue weighted by Gasteiger charge is 2.29. The lowest BCUT2D eigenvalue weighted by Crippen LogP contribution is -2.25. The molecule has 19 heavy (non-hydrogen) atoms. The second-order valence-corrected chi connectivity index (χ2v) is 6.75. The van der Waals surface area contributed by atoms with Crippen molar-refractivity contribution in [2.75, 3.05) is 7.05 Å². The standard InChI is InChI=1S/C14H19N3S2/c1-15-6-14-16-12(10-19-14)8-17(13-2-3-13)7-11-4-5-18-9-11/h4-5,9-10,13,15H,2-3,6-8H2,1H3. The molecule has 102 valence electrons. The minimum atomic E-state index is 0.773. The van der Waals surface area contributed by atoms with Gasteiger partial charge in [-0.25, -0.2) is 4.98 Å². The summed E-state index contributed by atoms with van der Waals surface area (Å²) >= 11 is 3.54. The number of nitrogens with one attached hydrogen (secondary N) is 1. The molecular weight excluding hydrogens is 274 g/mol. The molecule has 5 heteroatoms. The molecule has 0 bridgehead atoms. The van der Waals surface area contributed by atoms with Crippen LogP contribution in [0.3, 0.4) is 0 Å². The quantitative estimate of drug-likeness (QED) is 0.850. The molecule has 1 fully saturated rings. The summed E-state index contributed by atoms with van der Waals surface area (Å²) in [6, 6.07) is 3.00. The molecule has 0 spiro atoms. The maximum absolute atomic E-state index is 4.70. The van der Waals surface area contributed by atoms with Gasteiger partial charge in [-0.1, -0.05) is 0 Å². The highest BCUT2D eigenvalue weighted by Crippen LogP contribution is 2.30. The average molecular weight is 293 g/mol. The fourth-order valence-electron chi connectivity index (χ4n) is 2.23. The fourth-order valence-corrected chi connectivity index (χ4v) is 3.69. The second kappa shape index (κ2) is 6.13. The molecule has 0 aromatic carbocycles. The molecular formula is C14H19N3S2. The van der Waals surface area contributed by atoms with Gasteiger partial charge in [-0.3, -0.25) is 4.90 Å². The summed E-state index contributed by atoms with van der Waals surface area (Å²) in [5.41, 5.74) is 2.65. The first-order valence-electron chi connectivity index (χ1n) is 6.68. The Morgan fingerprint density at radius 1 is 1.37 bits per heavy atom. The van der Waals surface area contributed by atoms with Crippen LogP contribution in [0.15, 0.2) is 22.2 Å². The summed E-state index contributed by atoms with van der Waals surface area (Å²) in [5.74, 6) is 0. The Morgan fingerprint density at radius 3 is 2.95 bits per heavy atom. The van der Waals surface area contributed by atoms with E-state index in [0.717, 1.165) is 25.7 Å². The number of thiophene rings is 1. The Kier molecular flexibility index (Phi) is 4.28. The molecule has 1 saturated carbocycles. The first kappa shape index (κ1) is 13.2. The lowest BCUT2D eigenvalue weighted by Gasteiger charge is -2.20. The zero-order valence-electron chi connectivity index (χ0n) is 11.1. The van der Waals surface area contributed by atoms with Gasteiger partial charge in [0.2, 0.25) is 0 Å². The van der Waals surface area contributed by atoms with Gasteiger partial charge in [0.15, 0.2) is 0 Å². The molecule has 3 nitrogen and oxygen atoms in total. The normalized spacial score (nSPS) is 15.3. The fraction of sp³-hybridized carbons (Fsp3) is 0.500. The van der Waals surface area contributed by atoms with E-state index in [1.807, 2.05) is 7.05 Å². The van der Waals surface area contributed by atoms with Crippen molar-refractivity contribution in [3.05, 3.63) is 38.5 Å². The van der Waals surface area contributed by atoms with Crippen LogP contribution in [0.25, 0.3) is 0 Å². The van der Waals surface area contributed by atoms with Gasteiger partial charge in [0, 0.05) is 31.1 Å². The Bertz CT molecular complexity index is 503. The third kappa shape index (κ3) is 3.63. The Hall–Kier alpha value is -0.750. The van der Waals surface area contributed by atoms with Crippen molar-refractivity contribution in [1.82, 2.24) is 15.2 Å². The smallest absolute Gasteiger partial charge is 0.107 e. The lowest BCUT2D eigenvalue weighted by molar-refractivity contribution is 0.243. The second-order valence-electron chi connectivity index (χ2n) is 5.03. The van der Waals surface area contributed by atoms with Gasteiger partial charge in [-0.05, 0) is 42.3 Å². The van der Waals surface area contributed by atoms with Crippen LogP contribution in [0.4, 0.5) is 0 Å². The molecule has 0 atom stereocenters. The van der Waals surface area contributed by atoms with Crippen molar-refractivity contribution in [1.29, 1.82) is 0 Å². The molecule has 1 aliphatic carbocycles. The monoisotopic (exact) mass is 293 g/mol. The highest BCUT2D eigenvalue weighted by molar-refractivity contribution is 7.09. The minimum Gasteiger partial charge on any atom is -0.314 e. The lowest BCUT2D eigenvalue weighted by atomic mass is 10.3. The van der Waals surface area contributed by atoms with Crippen molar-refractivity contribution in [2.24, 2.45) is 0 Å². The van der Waals surface area contributed by atoms with Crippen LogP contribution < -0.4 is 5.32 Å². The predicted molar refractivity (Wildman–Crippen MR) is 81.5 cm³/mol. The largest absolute Gasteiger partial charge is 0.314 e. The summed E-state index contributed by atoms with van der Waals surface area (Å²) < 4.78 is 0. The van der Waals surface area contributed by atoms with Gasteiger partial charge in [0.25, 0.3) is 0 Å². The SMILES string of the molecule is CNCc1nc(CN(Cc2ccsc2)C2CC2)cs1. The van der Waals surface area contributed by atoms with Crippen LogP contribution in [-0.2, 0) is 19.6 Å². The summed E-state index contributed by atoms with van der Waals surface area (Å²) in [7, 11) is 1.97. The Balaban J connectivity index is 1.63. The number of hydrogen-bond donors (Lipinski definition) is 1. The third-order valence-electron chi connectivity index (χ3n) is 3.32. The van der Waals surface area contributed by atoms with Crippen LogP contribution in [0.1, 0.15) is 29.1 Å². The maximum Gasteiger partial charge on any atom is 0.107 e. The third-order valence-corrected chi connectivity index (χ3v) is 4.95. The van der Waals surface area contributed by atoms with E-state index in [4.69, 9.17) is 4.98 Å². The zero-order valence-corrected chi connectivity index (χ0v) is 12.8. The topological polar surface area (TPSA) is 28.2 Å². The minimum absolute atomic E-state index is 0.773. The average Bonchev–Trinajstić information content (AvgIpc) is 2.95. The van der Waals surface area contributed by atoms with Gasteiger partial charge in [-0.2, -0.15) is 11.3 Å². The summed E-state index contributed by atoms with van der Waals surface area (Å²) in [6.45, 7) is 2.92. The van der Waals surface area contributed by atoms with Crippen LogP contribution >= 0.6 is 22.7 Å². The van der Waals surface area contributed by atoms with E-state index < -0.39 is 0 Å². The zero-order chi connectivity index (χ0) is 13.1.